The first-order valence-electron chi connectivity index (χ1n) is 12.0. The molecular weight excluding hydrogens is 514 g/mol. The lowest BCUT2D eigenvalue weighted by Crippen LogP contribution is -2.49. The van der Waals surface area contributed by atoms with E-state index >= 15 is 26.3 Å². The Labute approximate surface area is 213 Å². The first-order valence-corrected chi connectivity index (χ1v) is 13.6. The van der Waals surface area contributed by atoms with Crippen molar-refractivity contribution in [1.82, 2.24) is 0 Å². The van der Waals surface area contributed by atoms with Gasteiger partial charge in [0.15, 0.2) is 0 Å². The lowest BCUT2D eigenvalue weighted by Gasteiger charge is -2.26. The average Bonchev–Trinajstić information content (AvgIpc) is 3.41. The molecule has 190 valence electrons. The molecule has 1 aliphatic carbocycles. The van der Waals surface area contributed by atoms with Crippen LogP contribution in [-0.4, -0.2) is 17.8 Å². The van der Waals surface area contributed by atoms with Gasteiger partial charge in [-0.25, -0.2) is 0 Å². The van der Waals surface area contributed by atoms with Gasteiger partial charge in [-0.15, -0.1) is 22.7 Å². The number of hydrogen-bond acceptors (Lipinski definition) is 2. The van der Waals surface area contributed by atoms with E-state index in [9.17, 15) is 0 Å². The van der Waals surface area contributed by atoms with Crippen LogP contribution >= 0.6 is 22.7 Å². The van der Waals surface area contributed by atoms with E-state index in [4.69, 9.17) is 0 Å². The zero-order valence-corrected chi connectivity index (χ0v) is 21.4. The molecule has 0 N–H and O–H groups in total. The lowest BCUT2D eigenvalue weighted by molar-refractivity contribution is -0.254. The van der Waals surface area contributed by atoms with Gasteiger partial charge in [-0.2, -0.15) is 26.3 Å². The number of aryl methyl sites for hydroxylation is 2. The Kier molecular flexibility index (Phi) is 6.27. The normalized spacial score (nSPS) is 18.6. The van der Waals surface area contributed by atoms with E-state index in [2.05, 4.69) is 0 Å². The third-order valence-corrected chi connectivity index (χ3v) is 9.20. The Morgan fingerprint density at radius 3 is 1.50 bits per heavy atom. The predicted octanol–water partition coefficient (Wildman–Crippen LogP) is 10.2. The molecule has 5 rings (SSSR count). The van der Waals surface area contributed by atoms with Gasteiger partial charge in [-0.1, -0.05) is 63.1 Å². The van der Waals surface area contributed by atoms with Crippen LogP contribution in [0.1, 0.15) is 54.0 Å². The van der Waals surface area contributed by atoms with Crippen molar-refractivity contribution in [3.8, 4) is 0 Å². The van der Waals surface area contributed by atoms with Gasteiger partial charge >= 0.3 is 17.8 Å². The highest BCUT2D eigenvalue weighted by molar-refractivity contribution is 7.19. The Bertz CT molecular complexity index is 1470. The first-order chi connectivity index (χ1) is 17.1. The summed E-state index contributed by atoms with van der Waals surface area (Å²) in [4.78, 5) is 0.865. The Morgan fingerprint density at radius 1 is 0.611 bits per heavy atom. The van der Waals surface area contributed by atoms with E-state index in [0.29, 0.717) is 55.6 Å². The SMILES string of the molecule is CCCCc1sc2ccccc2c1C1=C(c2c(CCC)sc3ccccc23)C(F)(F)C(F)(F)C1(F)F. The second-order valence-corrected chi connectivity index (χ2v) is 11.4. The Balaban J connectivity index is 1.97. The monoisotopic (exact) mass is 538 g/mol. The highest BCUT2D eigenvalue weighted by Gasteiger charge is 2.80. The Hall–Kier alpha value is -2.32. The van der Waals surface area contributed by atoms with Crippen molar-refractivity contribution >= 4 is 54.0 Å². The van der Waals surface area contributed by atoms with E-state index < -0.39 is 28.9 Å². The number of alkyl halides is 6. The van der Waals surface area contributed by atoms with E-state index in [-0.39, 0.29) is 11.1 Å². The number of rotatable bonds is 7. The van der Waals surface area contributed by atoms with Crippen LogP contribution in [0.25, 0.3) is 31.3 Å². The number of fused-ring (bicyclic) bond motifs is 2. The molecule has 0 atom stereocenters. The molecule has 2 heterocycles. The summed E-state index contributed by atoms with van der Waals surface area (Å²) in [7, 11) is 0. The molecule has 8 heteroatoms. The largest absolute Gasteiger partial charge is 0.380 e. The molecule has 0 spiro atoms. The quantitative estimate of drug-likeness (QED) is 0.205. The summed E-state index contributed by atoms with van der Waals surface area (Å²) < 4.78 is 94.5. The van der Waals surface area contributed by atoms with Crippen LogP contribution in [0.4, 0.5) is 26.3 Å². The van der Waals surface area contributed by atoms with Gasteiger partial charge < -0.3 is 0 Å². The van der Waals surface area contributed by atoms with Crippen molar-refractivity contribution in [3.63, 3.8) is 0 Å². The molecule has 0 saturated carbocycles. The second-order valence-electron chi connectivity index (χ2n) is 9.12. The van der Waals surface area contributed by atoms with E-state index in [1.165, 1.54) is 22.7 Å². The fourth-order valence-corrected chi connectivity index (χ4v) is 7.61. The Morgan fingerprint density at radius 2 is 1.06 bits per heavy atom. The summed E-state index contributed by atoms with van der Waals surface area (Å²) in [5, 5.41) is 0.618. The molecule has 0 amide bonds. The van der Waals surface area contributed by atoms with Crippen molar-refractivity contribution in [2.75, 3.05) is 0 Å². The summed E-state index contributed by atoms with van der Waals surface area (Å²) in [5.74, 6) is -15.7. The molecule has 0 unspecified atom stereocenters. The topological polar surface area (TPSA) is 0 Å². The van der Waals surface area contributed by atoms with Gasteiger partial charge in [-0.05, 0) is 31.4 Å². The molecule has 4 aromatic rings. The molecule has 2 aromatic carbocycles. The molecular formula is C28H24F6S2. The minimum atomic E-state index is -5.57. The summed E-state index contributed by atoms with van der Waals surface area (Å²) in [6.45, 7) is 3.77. The molecule has 0 aliphatic heterocycles. The van der Waals surface area contributed by atoms with Crippen LogP contribution in [0.15, 0.2) is 48.5 Å². The second kappa shape index (κ2) is 8.91. The van der Waals surface area contributed by atoms with Gasteiger partial charge in [0.2, 0.25) is 0 Å². The minimum Gasteiger partial charge on any atom is -0.194 e. The highest BCUT2D eigenvalue weighted by atomic mass is 32.1. The molecule has 0 saturated heterocycles. The zero-order valence-electron chi connectivity index (χ0n) is 19.7. The molecule has 0 fully saturated rings. The number of unbranched alkanes of at least 4 members (excludes halogenated alkanes) is 1. The fourth-order valence-electron chi connectivity index (χ4n) is 5.05. The fraction of sp³-hybridized carbons (Fsp3) is 0.357. The van der Waals surface area contributed by atoms with Crippen molar-refractivity contribution in [2.24, 2.45) is 0 Å². The highest BCUT2D eigenvalue weighted by Crippen LogP contribution is 2.67. The summed E-state index contributed by atoms with van der Waals surface area (Å²) >= 11 is 2.42. The van der Waals surface area contributed by atoms with Gasteiger partial charge in [0.25, 0.3) is 0 Å². The smallest absolute Gasteiger partial charge is 0.194 e. The number of halogens is 6. The van der Waals surface area contributed by atoms with E-state index in [0.717, 1.165) is 6.42 Å². The molecule has 0 bridgehead atoms. The minimum absolute atomic E-state index is 0.154. The van der Waals surface area contributed by atoms with Crippen LogP contribution < -0.4 is 0 Å². The summed E-state index contributed by atoms with van der Waals surface area (Å²) in [5.41, 5.74) is -2.76. The number of benzene rings is 2. The third kappa shape index (κ3) is 3.47. The molecule has 0 nitrogen and oxygen atoms in total. The van der Waals surface area contributed by atoms with Crippen LogP contribution in [0.2, 0.25) is 0 Å². The standard InChI is InChI=1S/C28H24F6S2/c1-3-5-13-21-23(17-12-7-9-15-19(17)36-21)25-24(26(29,30)28(33,34)27(25,31)32)22-16-11-6-8-14-18(16)35-20(22)10-4-2/h6-9,11-12,14-15H,3-5,10,13H2,1-2H3. The molecule has 0 radical (unpaired) electrons. The molecule has 1 aliphatic rings. The van der Waals surface area contributed by atoms with Gasteiger partial charge in [0.1, 0.15) is 0 Å². The van der Waals surface area contributed by atoms with Crippen molar-refractivity contribution in [1.29, 1.82) is 0 Å². The van der Waals surface area contributed by atoms with Crippen molar-refractivity contribution in [3.05, 3.63) is 69.4 Å². The van der Waals surface area contributed by atoms with Crippen LogP contribution in [0.5, 0.6) is 0 Å². The van der Waals surface area contributed by atoms with Crippen LogP contribution in [0.3, 0.4) is 0 Å². The van der Waals surface area contributed by atoms with Crippen molar-refractivity contribution in [2.45, 2.75) is 63.7 Å². The molecule has 2 aromatic heterocycles. The van der Waals surface area contributed by atoms with Crippen LogP contribution in [0, 0.1) is 0 Å². The van der Waals surface area contributed by atoms with Crippen LogP contribution in [-0.2, 0) is 12.8 Å². The lowest BCUT2D eigenvalue weighted by atomic mass is 9.90. The van der Waals surface area contributed by atoms with E-state index in [1.54, 1.807) is 48.5 Å². The number of allylic oxidation sites excluding steroid dienone is 2. The maximum Gasteiger partial charge on any atom is 0.380 e. The van der Waals surface area contributed by atoms with E-state index in [1.807, 2.05) is 13.8 Å². The third-order valence-electron chi connectivity index (χ3n) is 6.74. The molecule has 36 heavy (non-hydrogen) atoms. The van der Waals surface area contributed by atoms with Gasteiger partial charge in [-0.3, -0.25) is 0 Å². The van der Waals surface area contributed by atoms with Crippen molar-refractivity contribution < 1.29 is 26.3 Å². The maximum atomic E-state index is 15.8. The first kappa shape index (κ1) is 25.3. The average molecular weight is 539 g/mol. The zero-order chi connectivity index (χ0) is 25.9. The number of hydrogen-bond donors (Lipinski definition) is 0. The van der Waals surface area contributed by atoms with Gasteiger partial charge in [0, 0.05) is 52.2 Å². The maximum absolute atomic E-state index is 15.8. The number of thiophene rings is 2. The van der Waals surface area contributed by atoms with Gasteiger partial charge in [0.05, 0.1) is 0 Å². The predicted molar refractivity (Wildman–Crippen MR) is 138 cm³/mol. The summed E-state index contributed by atoms with van der Waals surface area (Å²) in [6, 6.07) is 13.2. The summed E-state index contributed by atoms with van der Waals surface area (Å²) in [6.07, 6.45) is 2.61.